The van der Waals surface area contributed by atoms with Gasteiger partial charge in [0.15, 0.2) is 11.6 Å². The number of carbonyl (C=O) groups is 1. The van der Waals surface area contributed by atoms with E-state index in [0.717, 1.165) is 56.2 Å². The Balaban J connectivity index is 1.24. The summed E-state index contributed by atoms with van der Waals surface area (Å²) in [5.74, 6) is 3.43. The van der Waals surface area contributed by atoms with Gasteiger partial charge in [-0.2, -0.15) is 4.98 Å². The number of nitrogens with one attached hydrogen (secondary N) is 2. The molecule has 1 amide bonds. The summed E-state index contributed by atoms with van der Waals surface area (Å²) in [6.07, 6.45) is 12.8. The Bertz CT molecular complexity index is 1360. The van der Waals surface area contributed by atoms with Gasteiger partial charge in [-0.1, -0.05) is 26.2 Å². The smallest absolute Gasteiger partial charge is 0.251 e. The largest absolute Gasteiger partial charge is 0.495 e. The van der Waals surface area contributed by atoms with Crippen LogP contribution in [-0.4, -0.2) is 75.4 Å². The Hall–Kier alpha value is -3.73. The average Bonchev–Trinajstić information content (AvgIpc) is 3.49. The first-order chi connectivity index (χ1) is 20.0. The Morgan fingerprint density at radius 1 is 1.12 bits per heavy atom. The highest BCUT2D eigenvalue weighted by Gasteiger charge is 2.35. The maximum absolute atomic E-state index is 13.0. The fraction of sp³-hybridized carbons (Fsp3) is 0.567. The number of amides is 1. The zero-order valence-corrected chi connectivity index (χ0v) is 24.3. The number of nitrogens with zero attached hydrogens (tertiary/aromatic N) is 7. The molecule has 1 saturated heterocycles. The summed E-state index contributed by atoms with van der Waals surface area (Å²) in [5, 5.41) is 15.2. The van der Waals surface area contributed by atoms with Crippen LogP contribution in [0.25, 0.3) is 5.69 Å². The van der Waals surface area contributed by atoms with Crippen molar-refractivity contribution in [2.75, 3.05) is 44.0 Å². The van der Waals surface area contributed by atoms with Gasteiger partial charge in [-0.3, -0.25) is 9.36 Å². The molecule has 3 aromatic rings. The summed E-state index contributed by atoms with van der Waals surface area (Å²) in [6.45, 7) is 5.12. The van der Waals surface area contributed by atoms with Gasteiger partial charge in [-0.05, 0) is 76.4 Å². The monoisotopic (exact) mass is 559 g/mol. The van der Waals surface area contributed by atoms with Crippen LogP contribution in [0.15, 0.2) is 30.7 Å². The van der Waals surface area contributed by atoms with E-state index in [0.29, 0.717) is 28.9 Å². The van der Waals surface area contributed by atoms with Crippen LogP contribution >= 0.6 is 0 Å². The van der Waals surface area contributed by atoms with Gasteiger partial charge in [0.05, 0.1) is 25.0 Å². The summed E-state index contributed by atoms with van der Waals surface area (Å²) in [6, 6.07) is 5.75. The molecule has 0 unspecified atom stereocenters. The van der Waals surface area contributed by atoms with Crippen molar-refractivity contribution in [2.45, 2.75) is 70.4 Å². The van der Waals surface area contributed by atoms with Crippen molar-refractivity contribution < 1.29 is 9.53 Å². The van der Waals surface area contributed by atoms with E-state index in [9.17, 15) is 4.79 Å². The first-order valence-electron chi connectivity index (χ1n) is 15.0. The summed E-state index contributed by atoms with van der Waals surface area (Å²) >= 11 is 0. The molecule has 1 atom stereocenters. The third kappa shape index (κ3) is 5.72. The number of hydrogen-bond acceptors (Lipinski definition) is 9. The van der Waals surface area contributed by atoms with E-state index in [1.165, 1.54) is 32.1 Å². The van der Waals surface area contributed by atoms with E-state index in [4.69, 9.17) is 9.72 Å². The Kier molecular flexibility index (Phi) is 8.04. The summed E-state index contributed by atoms with van der Waals surface area (Å²) in [5.41, 5.74) is 2.17. The summed E-state index contributed by atoms with van der Waals surface area (Å²) < 4.78 is 7.70. The number of hydrogen-bond donors (Lipinski definition) is 2. The van der Waals surface area contributed by atoms with Gasteiger partial charge < -0.3 is 25.2 Å². The van der Waals surface area contributed by atoms with E-state index < -0.39 is 0 Å². The molecule has 11 nitrogen and oxygen atoms in total. The Morgan fingerprint density at radius 2 is 1.93 bits per heavy atom. The number of ether oxygens (including phenoxy) is 1. The molecule has 0 radical (unpaired) electrons. The number of piperidine rings is 1. The number of aromatic nitrogens is 5. The van der Waals surface area contributed by atoms with Gasteiger partial charge in [0.25, 0.3) is 5.91 Å². The van der Waals surface area contributed by atoms with Crippen molar-refractivity contribution in [3.63, 3.8) is 0 Å². The highest BCUT2D eigenvalue weighted by atomic mass is 16.5. The lowest BCUT2D eigenvalue weighted by Gasteiger charge is -2.39. The molecule has 1 aromatic carbocycles. The number of anilines is 3. The zero-order valence-electron chi connectivity index (χ0n) is 24.3. The lowest BCUT2D eigenvalue weighted by molar-refractivity contribution is 0.0916. The van der Waals surface area contributed by atoms with Crippen LogP contribution < -0.4 is 20.3 Å². The van der Waals surface area contributed by atoms with E-state index in [1.807, 2.05) is 22.9 Å². The topological polar surface area (TPSA) is 113 Å². The van der Waals surface area contributed by atoms with Crippen molar-refractivity contribution in [3.05, 3.63) is 42.1 Å². The first kappa shape index (κ1) is 27.4. The van der Waals surface area contributed by atoms with Gasteiger partial charge in [-0.25, -0.2) is 4.98 Å². The number of carbonyl (C=O) groups excluding carboxylic acids is 1. The van der Waals surface area contributed by atoms with Gasteiger partial charge in [0, 0.05) is 18.2 Å². The van der Waals surface area contributed by atoms with Gasteiger partial charge >= 0.3 is 0 Å². The second-order valence-corrected chi connectivity index (χ2v) is 11.6. The number of methoxy groups -OCH3 is 1. The lowest BCUT2D eigenvalue weighted by Crippen LogP contribution is -2.43. The van der Waals surface area contributed by atoms with Crippen molar-refractivity contribution in [2.24, 2.45) is 5.92 Å². The number of fused-ring (bicyclic) bond motifs is 3. The molecule has 2 aromatic heterocycles. The normalized spacial score (nSPS) is 19.9. The van der Waals surface area contributed by atoms with E-state index in [-0.39, 0.29) is 18.0 Å². The van der Waals surface area contributed by atoms with Crippen LogP contribution in [0.4, 0.5) is 17.5 Å². The first-order valence-corrected chi connectivity index (χ1v) is 15.0. The van der Waals surface area contributed by atoms with Crippen LogP contribution in [0.2, 0.25) is 0 Å². The number of rotatable bonds is 8. The molecule has 218 valence electrons. The molecule has 3 aliphatic rings. The molecule has 2 aliphatic heterocycles. The molecule has 2 N–H and O–H groups in total. The van der Waals surface area contributed by atoms with Gasteiger partial charge in [0.1, 0.15) is 17.8 Å². The van der Waals surface area contributed by atoms with Crippen LogP contribution in [-0.2, 0) is 0 Å². The minimum absolute atomic E-state index is 0.0804. The van der Waals surface area contributed by atoms with Crippen molar-refractivity contribution in [1.29, 1.82) is 0 Å². The van der Waals surface area contributed by atoms with Crippen LogP contribution in [0.5, 0.6) is 5.75 Å². The highest BCUT2D eigenvalue weighted by Crippen LogP contribution is 2.40. The second-order valence-electron chi connectivity index (χ2n) is 11.6. The van der Waals surface area contributed by atoms with E-state index in [1.54, 1.807) is 19.5 Å². The third-order valence-corrected chi connectivity index (χ3v) is 8.86. The number of likely N-dealkylation sites (tertiary alicyclic amines) is 1. The molecule has 1 saturated carbocycles. The Morgan fingerprint density at radius 3 is 2.68 bits per heavy atom. The highest BCUT2D eigenvalue weighted by molar-refractivity contribution is 5.95. The van der Waals surface area contributed by atoms with Crippen molar-refractivity contribution in [3.8, 4) is 11.4 Å². The third-order valence-electron chi connectivity index (χ3n) is 8.86. The fourth-order valence-corrected chi connectivity index (χ4v) is 6.49. The molecule has 0 bridgehead atoms. The molecule has 1 aliphatic carbocycles. The SMILES string of the molecule is CC[C@@H]1c2nncn2-c2cnc(Nc3ccc(C(=O)NC4CCN(C)CC4)cc3OC)nc2N1CC1CCCCC1. The summed E-state index contributed by atoms with van der Waals surface area (Å²) in [7, 11) is 3.72. The second kappa shape index (κ2) is 12.0. The average molecular weight is 560 g/mol. The molecule has 6 rings (SSSR count). The Labute approximate surface area is 241 Å². The molecule has 2 fully saturated rings. The maximum atomic E-state index is 13.0. The predicted octanol–water partition coefficient (Wildman–Crippen LogP) is 4.48. The van der Waals surface area contributed by atoms with Crippen LogP contribution in [0.3, 0.4) is 0 Å². The maximum Gasteiger partial charge on any atom is 0.251 e. The quantitative estimate of drug-likeness (QED) is 0.412. The van der Waals surface area contributed by atoms with Crippen LogP contribution in [0, 0.1) is 5.92 Å². The van der Waals surface area contributed by atoms with Crippen molar-refractivity contribution in [1.82, 2.24) is 34.9 Å². The van der Waals surface area contributed by atoms with Gasteiger partial charge in [-0.15, -0.1) is 10.2 Å². The molecular weight excluding hydrogens is 518 g/mol. The zero-order chi connectivity index (χ0) is 28.3. The molecule has 41 heavy (non-hydrogen) atoms. The van der Waals surface area contributed by atoms with Gasteiger partial charge in [0.2, 0.25) is 5.95 Å². The lowest BCUT2D eigenvalue weighted by atomic mass is 9.88. The molecule has 0 spiro atoms. The minimum atomic E-state index is -0.0804. The standard InChI is InChI=1S/C30H41N9O2/c1-4-24-28-36-32-19-39(28)25-17-31-30(35-27(25)38(24)18-20-8-6-5-7-9-20)34-23-11-10-21(16-26(23)41-3)29(40)33-22-12-14-37(2)15-13-22/h10-11,16-17,19-20,22,24H,4-9,12-15,18H2,1-3H3,(H,33,40)(H,31,34,35)/t24-/m1/s1. The summed E-state index contributed by atoms with van der Waals surface area (Å²) in [4.78, 5) is 27.4. The fourth-order valence-electron chi connectivity index (χ4n) is 6.49. The molecule has 4 heterocycles. The molecule has 11 heteroatoms. The predicted molar refractivity (Wildman–Crippen MR) is 158 cm³/mol. The van der Waals surface area contributed by atoms with Crippen molar-refractivity contribution >= 4 is 23.4 Å². The van der Waals surface area contributed by atoms with E-state index >= 15 is 0 Å². The molecular formula is C30H41N9O2. The minimum Gasteiger partial charge on any atom is -0.495 e. The van der Waals surface area contributed by atoms with E-state index in [2.05, 4.69) is 49.6 Å². The van der Waals surface area contributed by atoms with Crippen LogP contribution in [0.1, 0.15) is 80.5 Å². The number of benzene rings is 1.